The van der Waals surface area contributed by atoms with Crippen LogP contribution in [0, 0.1) is 6.92 Å². The first-order valence-electron chi connectivity index (χ1n) is 21.5. The first-order chi connectivity index (χ1) is 29.4. The summed E-state index contributed by atoms with van der Waals surface area (Å²) in [6, 6.07) is 53.5. The van der Waals surface area contributed by atoms with E-state index in [0.29, 0.717) is 13.2 Å². The van der Waals surface area contributed by atoms with E-state index >= 15 is 0 Å². The van der Waals surface area contributed by atoms with Crippen molar-refractivity contribution in [3.63, 3.8) is 0 Å². The Morgan fingerprint density at radius 2 is 1.13 bits per heavy atom. The lowest BCUT2D eigenvalue weighted by molar-refractivity contribution is 0.172. The number of nitrogens with zero attached hydrogens (tertiary/aromatic N) is 2. The summed E-state index contributed by atoms with van der Waals surface area (Å²) < 4.78 is 19.2. The molecule has 0 bridgehead atoms. The summed E-state index contributed by atoms with van der Waals surface area (Å²) in [5.41, 5.74) is 18.5. The topological polar surface area (TPSA) is 38.1 Å². The van der Waals surface area contributed by atoms with Crippen molar-refractivity contribution in [1.29, 1.82) is 0 Å². The lowest BCUT2D eigenvalue weighted by atomic mass is 9.33. The largest absolute Gasteiger partial charge is 0.486 e. The van der Waals surface area contributed by atoms with E-state index in [1.54, 1.807) is 0 Å². The van der Waals surface area contributed by atoms with Gasteiger partial charge < -0.3 is 23.7 Å². The number of hydrogen-bond donors (Lipinski definition) is 0. The van der Waals surface area contributed by atoms with Crippen LogP contribution in [-0.4, -0.2) is 19.9 Å². The molecule has 61 heavy (non-hydrogen) atoms. The van der Waals surface area contributed by atoms with Crippen LogP contribution in [-0.2, 0) is 10.8 Å². The van der Waals surface area contributed by atoms with Gasteiger partial charge in [0.2, 0.25) is 0 Å². The van der Waals surface area contributed by atoms with Gasteiger partial charge in [0.15, 0.2) is 11.5 Å². The number of aryl methyl sites for hydroxylation is 1. The van der Waals surface area contributed by atoms with E-state index in [2.05, 4.69) is 192 Å². The van der Waals surface area contributed by atoms with Gasteiger partial charge in [0.05, 0.1) is 5.69 Å². The molecule has 1 aromatic heterocycles. The summed E-state index contributed by atoms with van der Waals surface area (Å²) in [4.78, 5) is 4.99. The number of ether oxygens (including phenoxy) is 2. The Labute approximate surface area is 359 Å². The molecule has 5 nitrogen and oxygen atoms in total. The van der Waals surface area contributed by atoms with Gasteiger partial charge in [0.25, 0.3) is 6.71 Å². The van der Waals surface area contributed by atoms with E-state index in [0.717, 1.165) is 67.7 Å². The first-order valence-corrected chi connectivity index (χ1v) is 21.5. The standard InChI is InChI=1S/C55H49BN2O3/c1-34-27-47-53-48(28-34)58(46-33-52-51(59-25-26-60-52)32-41(46)35-13-9-8-10-14-35)45-23-17-37(50-30-36-15-11-12-16-49(36)61-50)29-42(45)56(53)43-31-39(55(5,6)7)20-24-44(43)57(47)40-21-18-38(19-22-40)54(2,3)4/h8-24,27-33H,25-26H2,1-7H3. The fourth-order valence-electron chi connectivity index (χ4n) is 9.65. The molecule has 0 atom stereocenters. The van der Waals surface area contributed by atoms with Crippen molar-refractivity contribution in [2.45, 2.75) is 59.3 Å². The number of benzene rings is 7. The number of hydrogen-bond acceptors (Lipinski definition) is 5. The highest BCUT2D eigenvalue weighted by Crippen LogP contribution is 2.50. The van der Waals surface area contributed by atoms with Gasteiger partial charge in [-0.15, -0.1) is 0 Å². The van der Waals surface area contributed by atoms with E-state index in [4.69, 9.17) is 13.9 Å². The van der Waals surface area contributed by atoms with Gasteiger partial charge in [0, 0.05) is 51.0 Å². The summed E-state index contributed by atoms with van der Waals surface area (Å²) in [5, 5.41) is 1.09. The molecular weight excluding hydrogens is 747 g/mol. The van der Waals surface area contributed by atoms with Gasteiger partial charge in [0.1, 0.15) is 24.6 Å². The summed E-state index contributed by atoms with van der Waals surface area (Å²) in [6.07, 6.45) is 0. The van der Waals surface area contributed by atoms with Gasteiger partial charge in [-0.3, -0.25) is 0 Å². The first kappa shape index (κ1) is 37.4. The number of fused-ring (bicyclic) bond motifs is 6. The monoisotopic (exact) mass is 796 g/mol. The summed E-state index contributed by atoms with van der Waals surface area (Å²) in [6.45, 7) is 17.0. The Balaban J connectivity index is 1.24. The van der Waals surface area contributed by atoms with Gasteiger partial charge in [-0.25, -0.2) is 0 Å². The van der Waals surface area contributed by atoms with Crippen LogP contribution in [0.5, 0.6) is 11.5 Å². The number of anilines is 6. The van der Waals surface area contributed by atoms with Crippen LogP contribution in [0.2, 0.25) is 0 Å². The zero-order valence-electron chi connectivity index (χ0n) is 36.0. The molecule has 0 saturated heterocycles. The maximum absolute atomic E-state index is 6.58. The number of rotatable bonds is 4. The molecule has 0 amide bonds. The van der Waals surface area contributed by atoms with Crippen molar-refractivity contribution < 1.29 is 13.9 Å². The van der Waals surface area contributed by atoms with E-state index in [-0.39, 0.29) is 17.5 Å². The van der Waals surface area contributed by atoms with Crippen LogP contribution < -0.4 is 35.7 Å². The van der Waals surface area contributed by atoms with Crippen molar-refractivity contribution in [3.8, 4) is 33.9 Å². The van der Waals surface area contributed by atoms with Crippen molar-refractivity contribution in [2.75, 3.05) is 23.0 Å². The van der Waals surface area contributed by atoms with Crippen molar-refractivity contribution in [1.82, 2.24) is 0 Å². The number of para-hydroxylation sites is 1. The van der Waals surface area contributed by atoms with Crippen molar-refractivity contribution in [3.05, 3.63) is 162 Å². The third kappa shape index (κ3) is 6.14. The second kappa shape index (κ2) is 13.7. The quantitative estimate of drug-likeness (QED) is 0.166. The highest BCUT2D eigenvalue weighted by atomic mass is 16.6. The summed E-state index contributed by atoms with van der Waals surface area (Å²) >= 11 is 0. The molecule has 0 saturated carbocycles. The number of furan rings is 1. The Bertz CT molecular complexity index is 2990. The van der Waals surface area contributed by atoms with Crippen LogP contribution >= 0.6 is 0 Å². The predicted octanol–water partition coefficient (Wildman–Crippen LogP) is 12.5. The molecular formula is C55H49BN2O3. The molecule has 3 aliphatic rings. The van der Waals surface area contributed by atoms with E-state index in [9.17, 15) is 0 Å². The Hall–Kier alpha value is -6.66. The van der Waals surface area contributed by atoms with Crippen LogP contribution in [0.1, 0.15) is 58.2 Å². The minimum absolute atomic E-state index is 0.0371. The lowest BCUT2D eigenvalue weighted by Crippen LogP contribution is -2.61. The fraction of sp³-hybridized carbons (Fsp3) is 0.200. The van der Waals surface area contributed by atoms with Gasteiger partial charge >= 0.3 is 0 Å². The lowest BCUT2D eigenvalue weighted by Gasteiger charge is -2.45. The van der Waals surface area contributed by atoms with E-state index < -0.39 is 0 Å². The van der Waals surface area contributed by atoms with Crippen LogP contribution in [0.3, 0.4) is 0 Å². The minimum Gasteiger partial charge on any atom is -0.486 e. The zero-order valence-corrected chi connectivity index (χ0v) is 36.0. The van der Waals surface area contributed by atoms with E-state index in [1.807, 2.05) is 12.1 Å². The Morgan fingerprint density at radius 3 is 1.85 bits per heavy atom. The molecule has 0 fully saturated rings. The van der Waals surface area contributed by atoms with Gasteiger partial charge in [-0.2, -0.15) is 0 Å². The second-order valence-corrected chi connectivity index (χ2v) is 18.9. The van der Waals surface area contributed by atoms with E-state index in [1.165, 1.54) is 44.5 Å². The molecule has 0 N–H and O–H groups in total. The van der Waals surface area contributed by atoms with Crippen LogP contribution in [0.15, 0.2) is 150 Å². The average Bonchev–Trinajstić information content (AvgIpc) is 3.70. The molecule has 6 heteroatoms. The molecule has 8 aromatic rings. The third-order valence-electron chi connectivity index (χ3n) is 12.8. The molecule has 0 spiro atoms. The smallest absolute Gasteiger partial charge is 0.252 e. The highest BCUT2D eigenvalue weighted by molar-refractivity contribution is 7.00. The average molecular weight is 797 g/mol. The molecule has 3 aliphatic heterocycles. The molecule has 0 radical (unpaired) electrons. The maximum atomic E-state index is 6.58. The Morgan fingerprint density at radius 1 is 0.508 bits per heavy atom. The predicted molar refractivity (Wildman–Crippen MR) is 254 cm³/mol. The van der Waals surface area contributed by atoms with Gasteiger partial charge in [-0.05, 0) is 117 Å². The van der Waals surface area contributed by atoms with Gasteiger partial charge in [-0.1, -0.05) is 120 Å². The zero-order chi connectivity index (χ0) is 41.8. The second-order valence-electron chi connectivity index (χ2n) is 18.9. The molecule has 4 heterocycles. The van der Waals surface area contributed by atoms with Crippen molar-refractivity contribution in [2.24, 2.45) is 0 Å². The maximum Gasteiger partial charge on any atom is 0.252 e. The fourth-order valence-corrected chi connectivity index (χ4v) is 9.65. The molecule has 11 rings (SSSR count). The Kier molecular flexibility index (Phi) is 8.38. The van der Waals surface area contributed by atoms with Crippen molar-refractivity contribution >= 4 is 68.2 Å². The van der Waals surface area contributed by atoms with Crippen LogP contribution in [0.25, 0.3) is 33.4 Å². The molecule has 7 aromatic carbocycles. The third-order valence-corrected chi connectivity index (χ3v) is 12.8. The molecule has 0 unspecified atom stereocenters. The summed E-state index contributed by atoms with van der Waals surface area (Å²) in [5.74, 6) is 2.38. The van der Waals surface area contributed by atoms with Crippen LogP contribution in [0.4, 0.5) is 34.1 Å². The summed E-state index contributed by atoms with van der Waals surface area (Å²) in [7, 11) is 0. The molecule has 300 valence electrons. The minimum atomic E-state index is -0.0686. The normalized spacial score (nSPS) is 14.2. The highest BCUT2D eigenvalue weighted by Gasteiger charge is 2.44. The SMILES string of the molecule is Cc1cc2c3c(c1)N(c1cc4c(cc1-c1ccccc1)OCCO4)c1ccc(-c4cc5ccccc5o4)cc1B3c1cc(C(C)(C)C)ccc1N2c1ccc(C(C)(C)C)cc1. The molecule has 0 aliphatic carbocycles.